The number of hydrogen-bond donors (Lipinski definition) is 0. The average Bonchev–Trinajstić information content (AvgIpc) is 2.37. The summed E-state index contributed by atoms with van der Waals surface area (Å²) >= 11 is 0. The first kappa shape index (κ1) is 17.1. The molecule has 0 heterocycles. The SMILES string of the molecule is CCCCCCCCCC1CC(C)CCC1C(C)C. The van der Waals surface area contributed by atoms with Crippen LogP contribution < -0.4 is 0 Å². The molecule has 3 atom stereocenters. The topological polar surface area (TPSA) is 0 Å². The van der Waals surface area contributed by atoms with Gasteiger partial charge in [0.15, 0.2) is 0 Å². The van der Waals surface area contributed by atoms with E-state index in [4.69, 9.17) is 0 Å². The van der Waals surface area contributed by atoms with E-state index in [0.717, 1.165) is 23.7 Å². The number of hydrogen-bond acceptors (Lipinski definition) is 0. The highest BCUT2D eigenvalue weighted by Gasteiger charge is 2.29. The van der Waals surface area contributed by atoms with Crippen molar-refractivity contribution in [2.75, 3.05) is 0 Å². The van der Waals surface area contributed by atoms with Crippen molar-refractivity contribution in [3.8, 4) is 0 Å². The Labute approximate surface area is 122 Å². The third kappa shape index (κ3) is 6.82. The Balaban J connectivity index is 2.14. The molecule has 0 aromatic carbocycles. The molecular formula is C19H38. The molecule has 19 heavy (non-hydrogen) atoms. The standard InChI is InChI=1S/C19H38/c1-5-6-7-8-9-10-11-12-18-15-17(4)13-14-19(18)16(2)3/h16-19H,5-15H2,1-4H3. The Bertz CT molecular complexity index is 206. The second-order valence-electron chi connectivity index (χ2n) is 7.50. The first-order valence-corrected chi connectivity index (χ1v) is 9.15. The molecule has 0 radical (unpaired) electrons. The zero-order chi connectivity index (χ0) is 14.1. The van der Waals surface area contributed by atoms with Gasteiger partial charge in [0.05, 0.1) is 0 Å². The van der Waals surface area contributed by atoms with E-state index < -0.39 is 0 Å². The largest absolute Gasteiger partial charge is 0.0654 e. The van der Waals surface area contributed by atoms with Crippen LogP contribution in [0, 0.1) is 23.7 Å². The van der Waals surface area contributed by atoms with Crippen LogP contribution in [0.5, 0.6) is 0 Å². The van der Waals surface area contributed by atoms with Crippen LogP contribution in [0.1, 0.15) is 98.3 Å². The van der Waals surface area contributed by atoms with Gasteiger partial charge in [0.1, 0.15) is 0 Å². The lowest BCUT2D eigenvalue weighted by atomic mass is 9.68. The Kier molecular flexibility index (Phi) is 8.83. The summed E-state index contributed by atoms with van der Waals surface area (Å²) in [6, 6.07) is 0. The molecule has 0 aliphatic heterocycles. The van der Waals surface area contributed by atoms with Crippen molar-refractivity contribution in [1.82, 2.24) is 0 Å². The second kappa shape index (κ2) is 9.83. The van der Waals surface area contributed by atoms with Gasteiger partial charge in [-0.3, -0.25) is 0 Å². The fraction of sp³-hybridized carbons (Fsp3) is 1.00. The highest BCUT2D eigenvalue weighted by molar-refractivity contribution is 4.80. The summed E-state index contributed by atoms with van der Waals surface area (Å²) in [5.41, 5.74) is 0. The molecule has 0 bridgehead atoms. The van der Waals surface area contributed by atoms with Crippen LogP contribution in [0.15, 0.2) is 0 Å². The van der Waals surface area contributed by atoms with Gasteiger partial charge in [-0.25, -0.2) is 0 Å². The minimum Gasteiger partial charge on any atom is -0.0654 e. The van der Waals surface area contributed by atoms with Gasteiger partial charge in [0.25, 0.3) is 0 Å². The quantitative estimate of drug-likeness (QED) is 0.401. The van der Waals surface area contributed by atoms with Gasteiger partial charge >= 0.3 is 0 Å². The zero-order valence-electron chi connectivity index (χ0n) is 14.1. The molecule has 0 aromatic rings. The summed E-state index contributed by atoms with van der Waals surface area (Å²) in [4.78, 5) is 0. The summed E-state index contributed by atoms with van der Waals surface area (Å²) in [7, 11) is 0. The highest BCUT2D eigenvalue weighted by atomic mass is 14.3. The maximum absolute atomic E-state index is 2.47. The second-order valence-corrected chi connectivity index (χ2v) is 7.50. The molecule has 0 aromatic heterocycles. The Hall–Kier alpha value is 0. The molecule has 0 N–H and O–H groups in total. The monoisotopic (exact) mass is 266 g/mol. The van der Waals surface area contributed by atoms with Gasteiger partial charge in [-0.15, -0.1) is 0 Å². The van der Waals surface area contributed by atoms with E-state index in [1.807, 2.05) is 0 Å². The highest BCUT2D eigenvalue weighted by Crippen LogP contribution is 2.40. The van der Waals surface area contributed by atoms with Gasteiger partial charge < -0.3 is 0 Å². The van der Waals surface area contributed by atoms with Crippen LogP contribution in [-0.2, 0) is 0 Å². The normalized spacial score (nSPS) is 27.9. The summed E-state index contributed by atoms with van der Waals surface area (Å²) in [5, 5.41) is 0. The molecule has 0 nitrogen and oxygen atoms in total. The molecule has 1 aliphatic rings. The fourth-order valence-electron chi connectivity index (χ4n) is 4.10. The molecule has 0 amide bonds. The third-order valence-corrected chi connectivity index (χ3v) is 5.34. The Morgan fingerprint density at radius 3 is 2.16 bits per heavy atom. The first-order chi connectivity index (χ1) is 9.15. The molecule has 3 unspecified atom stereocenters. The van der Waals surface area contributed by atoms with E-state index in [1.54, 1.807) is 0 Å². The van der Waals surface area contributed by atoms with Crippen molar-refractivity contribution in [3.05, 3.63) is 0 Å². The van der Waals surface area contributed by atoms with Gasteiger partial charge in [-0.1, -0.05) is 85.5 Å². The fourth-order valence-corrected chi connectivity index (χ4v) is 4.10. The van der Waals surface area contributed by atoms with Crippen LogP contribution in [0.2, 0.25) is 0 Å². The van der Waals surface area contributed by atoms with E-state index in [0.29, 0.717) is 0 Å². The molecule has 1 saturated carbocycles. The van der Waals surface area contributed by atoms with Crippen molar-refractivity contribution >= 4 is 0 Å². The summed E-state index contributed by atoms with van der Waals surface area (Å²) in [6.07, 6.45) is 16.2. The molecule has 114 valence electrons. The van der Waals surface area contributed by atoms with E-state index in [2.05, 4.69) is 27.7 Å². The zero-order valence-corrected chi connectivity index (χ0v) is 14.1. The summed E-state index contributed by atoms with van der Waals surface area (Å²) in [5.74, 6) is 3.96. The molecule has 0 saturated heterocycles. The van der Waals surface area contributed by atoms with Gasteiger partial charge in [0.2, 0.25) is 0 Å². The maximum atomic E-state index is 2.47. The summed E-state index contributed by atoms with van der Waals surface area (Å²) < 4.78 is 0. The van der Waals surface area contributed by atoms with Gasteiger partial charge in [0, 0.05) is 0 Å². The van der Waals surface area contributed by atoms with Crippen molar-refractivity contribution < 1.29 is 0 Å². The smallest absolute Gasteiger partial charge is 0.0362 e. The van der Waals surface area contributed by atoms with Crippen LogP contribution in [-0.4, -0.2) is 0 Å². The molecule has 1 aliphatic carbocycles. The summed E-state index contributed by atoms with van der Waals surface area (Å²) in [6.45, 7) is 9.65. The van der Waals surface area contributed by atoms with Crippen molar-refractivity contribution in [3.63, 3.8) is 0 Å². The predicted octanol–water partition coefficient (Wildman–Crippen LogP) is 6.84. The molecule has 1 fully saturated rings. The molecule has 0 heteroatoms. The van der Waals surface area contributed by atoms with Crippen LogP contribution in [0.4, 0.5) is 0 Å². The molecule has 1 rings (SSSR count). The third-order valence-electron chi connectivity index (χ3n) is 5.34. The Morgan fingerprint density at radius 2 is 1.53 bits per heavy atom. The van der Waals surface area contributed by atoms with E-state index in [9.17, 15) is 0 Å². The molecular weight excluding hydrogens is 228 g/mol. The van der Waals surface area contributed by atoms with Crippen LogP contribution in [0.3, 0.4) is 0 Å². The van der Waals surface area contributed by atoms with Gasteiger partial charge in [-0.05, 0) is 36.5 Å². The minimum atomic E-state index is 0.905. The van der Waals surface area contributed by atoms with E-state index in [-0.39, 0.29) is 0 Å². The lowest BCUT2D eigenvalue weighted by Crippen LogP contribution is -2.27. The minimum absolute atomic E-state index is 0.905. The van der Waals surface area contributed by atoms with Crippen molar-refractivity contribution in [2.24, 2.45) is 23.7 Å². The Morgan fingerprint density at radius 1 is 0.895 bits per heavy atom. The van der Waals surface area contributed by atoms with Gasteiger partial charge in [-0.2, -0.15) is 0 Å². The lowest BCUT2D eigenvalue weighted by Gasteiger charge is -2.37. The van der Waals surface area contributed by atoms with Crippen molar-refractivity contribution in [1.29, 1.82) is 0 Å². The molecule has 0 spiro atoms. The predicted molar refractivity (Wildman–Crippen MR) is 87.4 cm³/mol. The van der Waals surface area contributed by atoms with Crippen LogP contribution in [0.25, 0.3) is 0 Å². The number of rotatable bonds is 9. The first-order valence-electron chi connectivity index (χ1n) is 9.15. The maximum Gasteiger partial charge on any atom is -0.0362 e. The lowest BCUT2D eigenvalue weighted by molar-refractivity contribution is 0.133. The number of unbranched alkanes of at least 4 members (excludes halogenated alkanes) is 6. The van der Waals surface area contributed by atoms with E-state index in [1.165, 1.54) is 70.6 Å². The van der Waals surface area contributed by atoms with E-state index >= 15 is 0 Å². The van der Waals surface area contributed by atoms with Crippen molar-refractivity contribution in [2.45, 2.75) is 98.3 Å². The van der Waals surface area contributed by atoms with Crippen LogP contribution >= 0.6 is 0 Å². The average molecular weight is 267 g/mol.